The molecule has 1 aromatic rings. The zero-order valence-electron chi connectivity index (χ0n) is 9.36. The highest BCUT2D eigenvalue weighted by atomic mass is 16.1. The molecule has 1 aliphatic rings. The number of rotatable bonds is 3. The van der Waals surface area contributed by atoms with E-state index in [0.29, 0.717) is 12.4 Å². The zero-order chi connectivity index (χ0) is 11.4. The number of nitrogens with one attached hydrogen (secondary N) is 2. The van der Waals surface area contributed by atoms with Crippen LogP contribution in [0.1, 0.15) is 6.42 Å². The number of anilines is 1. The molecule has 0 aromatic carbocycles. The van der Waals surface area contributed by atoms with Gasteiger partial charge in [-0.05, 0) is 13.0 Å². The smallest absolute Gasteiger partial charge is 0.293 e. The van der Waals surface area contributed by atoms with Crippen molar-refractivity contribution in [3.05, 3.63) is 34.4 Å². The maximum absolute atomic E-state index is 11.6. The van der Waals surface area contributed by atoms with E-state index in [0.717, 1.165) is 19.5 Å². The summed E-state index contributed by atoms with van der Waals surface area (Å²) in [5.74, 6) is 0.421. The van der Waals surface area contributed by atoms with Crippen LogP contribution in [0.25, 0.3) is 0 Å². The second kappa shape index (κ2) is 4.94. The van der Waals surface area contributed by atoms with Crippen molar-refractivity contribution < 1.29 is 0 Å². The van der Waals surface area contributed by atoms with E-state index >= 15 is 0 Å². The Bertz CT molecular complexity index is 450. The second-order valence-corrected chi connectivity index (χ2v) is 3.86. The fourth-order valence-electron chi connectivity index (χ4n) is 1.65. The van der Waals surface area contributed by atoms with Crippen molar-refractivity contribution in [3.8, 4) is 0 Å². The Morgan fingerprint density at radius 2 is 2.50 bits per heavy atom. The summed E-state index contributed by atoms with van der Waals surface area (Å²) in [6.45, 7) is 2.62. The van der Waals surface area contributed by atoms with E-state index < -0.39 is 0 Å². The van der Waals surface area contributed by atoms with Crippen LogP contribution in [-0.2, 0) is 7.05 Å². The van der Waals surface area contributed by atoms with Crippen LogP contribution in [-0.4, -0.2) is 29.2 Å². The van der Waals surface area contributed by atoms with Gasteiger partial charge in [0.15, 0.2) is 5.82 Å². The predicted octanol–water partition coefficient (Wildman–Crippen LogP) is 0.112. The van der Waals surface area contributed by atoms with Crippen molar-refractivity contribution in [1.82, 2.24) is 14.9 Å². The predicted molar refractivity (Wildman–Crippen MR) is 63.5 cm³/mol. The van der Waals surface area contributed by atoms with Gasteiger partial charge in [-0.25, -0.2) is 4.98 Å². The highest BCUT2D eigenvalue weighted by Crippen LogP contribution is 2.04. The van der Waals surface area contributed by atoms with Crippen LogP contribution < -0.4 is 16.2 Å². The molecule has 1 aromatic heterocycles. The molecule has 0 saturated heterocycles. The SMILES string of the molecule is Cn1ccnc(NCC2=CCNCC2)c1=O. The van der Waals surface area contributed by atoms with Gasteiger partial charge < -0.3 is 15.2 Å². The van der Waals surface area contributed by atoms with Crippen LogP contribution in [0.4, 0.5) is 5.82 Å². The van der Waals surface area contributed by atoms with E-state index in [1.54, 1.807) is 19.4 Å². The monoisotopic (exact) mass is 220 g/mol. The van der Waals surface area contributed by atoms with E-state index in [-0.39, 0.29) is 5.56 Å². The van der Waals surface area contributed by atoms with Gasteiger partial charge in [-0.15, -0.1) is 0 Å². The van der Waals surface area contributed by atoms with Crippen LogP contribution in [0.3, 0.4) is 0 Å². The van der Waals surface area contributed by atoms with Crippen LogP contribution >= 0.6 is 0 Å². The maximum Gasteiger partial charge on any atom is 0.293 e. The first-order valence-corrected chi connectivity index (χ1v) is 5.41. The average molecular weight is 220 g/mol. The third-order valence-corrected chi connectivity index (χ3v) is 2.66. The minimum atomic E-state index is -0.0861. The molecule has 0 fully saturated rings. The van der Waals surface area contributed by atoms with Gasteiger partial charge in [-0.1, -0.05) is 11.6 Å². The number of hydrogen-bond donors (Lipinski definition) is 2. The van der Waals surface area contributed by atoms with Gasteiger partial charge in [0.25, 0.3) is 5.56 Å². The van der Waals surface area contributed by atoms with Gasteiger partial charge in [-0.2, -0.15) is 0 Å². The highest BCUT2D eigenvalue weighted by Gasteiger charge is 2.05. The molecule has 5 heteroatoms. The fraction of sp³-hybridized carbons (Fsp3) is 0.455. The van der Waals surface area contributed by atoms with E-state index in [1.165, 1.54) is 10.1 Å². The Labute approximate surface area is 94.2 Å². The van der Waals surface area contributed by atoms with E-state index in [4.69, 9.17) is 0 Å². The number of aryl methyl sites for hydroxylation is 1. The molecule has 0 bridgehead atoms. The summed E-state index contributed by atoms with van der Waals surface area (Å²) in [7, 11) is 1.72. The second-order valence-electron chi connectivity index (χ2n) is 3.86. The highest BCUT2D eigenvalue weighted by molar-refractivity contribution is 5.33. The molecule has 0 spiro atoms. The number of aromatic nitrogens is 2. The van der Waals surface area contributed by atoms with E-state index in [2.05, 4.69) is 21.7 Å². The minimum Gasteiger partial charge on any atom is -0.362 e. The summed E-state index contributed by atoms with van der Waals surface area (Å²) in [4.78, 5) is 15.7. The van der Waals surface area contributed by atoms with E-state index in [9.17, 15) is 4.79 Å². The lowest BCUT2D eigenvalue weighted by Gasteiger charge is -2.14. The molecule has 5 nitrogen and oxygen atoms in total. The normalized spacial score (nSPS) is 15.7. The number of nitrogens with zero attached hydrogens (tertiary/aromatic N) is 2. The Kier molecular flexibility index (Phi) is 3.36. The average Bonchev–Trinajstić information content (AvgIpc) is 2.32. The Hall–Kier alpha value is -1.62. The molecular formula is C11H16N4O. The first-order chi connectivity index (χ1) is 7.77. The number of hydrogen-bond acceptors (Lipinski definition) is 4. The van der Waals surface area contributed by atoms with Crippen LogP contribution in [0.2, 0.25) is 0 Å². The summed E-state index contributed by atoms with van der Waals surface area (Å²) in [6.07, 6.45) is 6.46. The van der Waals surface area contributed by atoms with Crippen LogP contribution in [0, 0.1) is 0 Å². The minimum absolute atomic E-state index is 0.0861. The third kappa shape index (κ3) is 2.49. The summed E-state index contributed by atoms with van der Waals surface area (Å²) in [6, 6.07) is 0. The lowest BCUT2D eigenvalue weighted by Crippen LogP contribution is -2.26. The first kappa shape index (κ1) is 10.9. The van der Waals surface area contributed by atoms with Gasteiger partial charge in [-0.3, -0.25) is 4.79 Å². The van der Waals surface area contributed by atoms with Gasteiger partial charge in [0.1, 0.15) is 0 Å². The topological polar surface area (TPSA) is 59.0 Å². The Morgan fingerprint density at radius 3 is 3.25 bits per heavy atom. The van der Waals surface area contributed by atoms with Gasteiger partial charge in [0.05, 0.1) is 0 Å². The van der Waals surface area contributed by atoms with Crippen molar-refractivity contribution in [1.29, 1.82) is 0 Å². The van der Waals surface area contributed by atoms with Crippen LogP contribution in [0.5, 0.6) is 0 Å². The summed E-state index contributed by atoms with van der Waals surface area (Å²) in [5, 5.41) is 6.33. The van der Waals surface area contributed by atoms with E-state index in [1.807, 2.05) is 0 Å². The molecular weight excluding hydrogens is 204 g/mol. The summed E-state index contributed by atoms with van der Waals surface area (Å²) >= 11 is 0. The van der Waals surface area contributed by atoms with Gasteiger partial charge in [0, 0.05) is 32.5 Å². The quantitative estimate of drug-likeness (QED) is 0.710. The molecule has 1 aliphatic heterocycles. The van der Waals surface area contributed by atoms with Crippen molar-refractivity contribution in [2.75, 3.05) is 25.0 Å². The van der Waals surface area contributed by atoms with Crippen molar-refractivity contribution in [2.45, 2.75) is 6.42 Å². The molecule has 0 amide bonds. The zero-order valence-corrected chi connectivity index (χ0v) is 9.36. The Morgan fingerprint density at radius 1 is 1.62 bits per heavy atom. The molecule has 86 valence electrons. The Balaban J connectivity index is 2.02. The molecule has 0 atom stereocenters. The lowest BCUT2D eigenvalue weighted by molar-refractivity contribution is 0.697. The van der Waals surface area contributed by atoms with Crippen molar-refractivity contribution >= 4 is 5.82 Å². The van der Waals surface area contributed by atoms with Crippen LogP contribution in [0.15, 0.2) is 28.8 Å². The molecule has 2 N–H and O–H groups in total. The van der Waals surface area contributed by atoms with Gasteiger partial charge in [0.2, 0.25) is 0 Å². The molecule has 0 radical (unpaired) electrons. The first-order valence-electron chi connectivity index (χ1n) is 5.41. The molecule has 0 unspecified atom stereocenters. The molecule has 16 heavy (non-hydrogen) atoms. The maximum atomic E-state index is 11.6. The molecule has 0 saturated carbocycles. The van der Waals surface area contributed by atoms with Gasteiger partial charge >= 0.3 is 0 Å². The summed E-state index contributed by atoms with van der Waals surface area (Å²) < 4.78 is 1.52. The molecule has 2 heterocycles. The lowest BCUT2D eigenvalue weighted by atomic mass is 10.1. The van der Waals surface area contributed by atoms with Crippen molar-refractivity contribution in [2.24, 2.45) is 7.05 Å². The molecule has 0 aliphatic carbocycles. The van der Waals surface area contributed by atoms with Crippen molar-refractivity contribution in [3.63, 3.8) is 0 Å². The molecule has 2 rings (SSSR count). The summed E-state index contributed by atoms with van der Waals surface area (Å²) in [5.41, 5.74) is 1.24. The standard InChI is InChI=1S/C11H16N4O/c1-15-7-6-13-10(11(15)16)14-8-9-2-4-12-5-3-9/h2,6-7,12H,3-5,8H2,1H3,(H,13,14). The largest absolute Gasteiger partial charge is 0.362 e. The third-order valence-electron chi connectivity index (χ3n) is 2.66. The fourth-order valence-corrected chi connectivity index (χ4v) is 1.65.